The summed E-state index contributed by atoms with van der Waals surface area (Å²) in [5.41, 5.74) is -2.69. The highest BCUT2D eigenvalue weighted by Gasteiger charge is 2.41. The van der Waals surface area contributed by atoms with Gasteiger partial charge in [0.1, 0.15) is 22.8 Å². The molecule has 0 aromatic carbocycles. The quantitative estimate of drug-likeness (QED) is 0.306. The van der Waals surface area contributed by atoms with E-state index in [4.69, 9.17) is 18.9 Å². The molecule has 0 rings (SSSR count). The van der Waals surface area contributed by atoms with Gasteiger partial charge in [0.05, 0.1) is 6.61 Å². The minimum atomic E-state index is -1.33. The zero-order valence-electron chi connectivity index (χ0n) is 21.1. The highest BCUT2D eigenvalue weighted by Crippen LogP contribution is 2.22. The molecule has 1 atom stereocenters. The molecule has 0 aromatic rings. The lowest BCUT2D eigenvalue weighted by Crippen LogP contribution is -2.53. The van der Waals surface area contributed by atoms with Crippen molar-refractivity contribution >= 4 is 24.1 Å². The Morgan fingerprint density at radius 2 is 1.22 bits per heavy atom. The highest BCUT2D eigenvalue weighted by molar-refractivity contribution is 5.94. The lowest BCUT2D eigenvalue weighted by molar-refractivity contribution is -0.161. The van der Waals surface area contributed by atoms with Crippen LogP contribution in [-0.4, -0.2) is 58.5 Å². The summed E-state index contributed by atoms with van der Waals surface area (Å²) in [7, 11) is 0. The molecule has 0 aromatic heterocycles. The molecular formula is C23H39NO8. The van der Waals surface area contributed by atoms with Crippen molar-refractivity contribution in [3.8, 4) is 0 Å². The number of ether oxygens (including phenoxy) is 4. The van der Waals surface area contributed by atoms with Gasteiger partial charge in [-0.1, -0.05) is 6.08 Å². The number of allylic oxidation sites excluding steroid dienone is 1. The molecule has 0 fully saturated rings. The van der Waals surface area contributed by atoms with Gasteiger partial charge in [0, 0.05) is 6.08 Å². The van der Waals surface area contributed by atoms with E-state index < -0.39 is 47.0 Å². The lowest BCUT2D eigenvalue weighted by Gasteiger charge is -2.33. The summed E-state index contributed by atoms with van der Waals surface area (Å²) in [6.45, 7) is 16.8. The van der Waals surface area contributed by atoms with E-state index in [1.165, 1.54) is 12.2 Å². The molecule has 0 aliphatic heterocycles. The van der Waals surface area contributed by atoms with Crippen LogP contribution in [0.3, 0.4) is 0 Å². The summed E-state index contributed by atoms with van der Waals surface area (Å²) in [4.78, 5) is 51.0. The summed E-state index contributed by atoms with van der Waals surface area (Å²) in [6, 6.07) is -1.33. The van der Waals surface area contributed by atoms with Crippen molar-refractivity contribution in [2.24, 2.45) is 0 Å². The second-order valence-electron chi connectivity index (χ2n) is 10.1. The molecule has 0 N–H and O–H groups in total. The summed E-state index contributed by atoms with van der Waals surface area (Å²) in [5.74, 6) is -1.32. The number of imide groups is 1. The molecule has 0 saturated heterocycles. The van der Waals surface area contributed by atoms with Crippen molar-refractivity contribution in [1.29, 1.82) is 0 Å². The van der Waals surface area contributed by atoms with Crippen molar-refractivity contribution in [3.63, 3.8) is 0 Å². The van der Waals surface area contributed by atoms with E-state index in [0.717, 1.165) is 0 Å². The first-order chi connectivity index (χ1) is 14.4. The predicted octanol–water partition coefficient (Wildman–Crippen LogP) is 4.77. The van der Waals surface area contributed by atoms with Gasteiger partial charge in [-0.2, -0.15) is 4.90 Å². The van der Waals surface area contributed by atoms with Crippen LogP contribution in [0.2, 0.25) is 0 Å². The molecule has 0 spiro atoms. The monoisotopic (exact) mass is 457 g/mol. The summed E-state index contributed by atoms with van der Waals surface area (Å²) < 4.78 is 21.0. The number of esters is 2. The summed E-state index contributed by atoms with van der Waals surface area (Å²) in [6.07, 6.45) is 0.834. The van der Waals surface area contributed by atoms with Gasteiger partial charge in [-0.3, -0.25) is 0 Å². The molecule has 9 nitrogen and oxygen atoms in total. The third-order valence-electron chi connectivity index (χ3n) is 3.32. The molecule has 0 aliphatic carbocycles. The average molecular weight is 458 g/mol. The van der Waals surface area contributed by atoms with E-state index in [1.54, 1.807) is 69.2 Å². The van der Waals surface area contributed by atoms with Crippen molar-refractivity contribution < 1.29 is 38.1 Å². The van der Waals surface area contributed by atoms with Gasteiger partial charge in [0.2, 0.25) is 0 Å². The maximum atomic E-state index is 13.0. The molecule has 0 heterocycles. The van der Waals surface area contributed by atoms with Crippen LogP contribution < -0.4 is 0 Å². The van der Waals surface area contributed by atoms with Crippen molar-refractivity contribution in [1.82, 2.24) is 4.90 Å². The van der Waals surface area contributed by atoms with Crippen LogP contribution in [0.5, 0.6) is 0 Å². The zero-order chi connectivity index (χ0) is 25.3. The van der Waals surface area contributed by atoms with Gasteiger partial charge in [-0.15, -0.1) is 0 Å². The molecule has 0 unspecified atom stereocenters. The molecule has 0 saturated carbocycles. The van der Waals surface area contributed by atoms with Crippen LogP contribution in [-0.2, 0) is 28.5 Å². The van der Waals surface area contributed by atoms with Gasteiger partial charge in [-0.05, 0) is 82.1 Å². The third kappa shape index (κ3) is 13.0. The van der Waals surface area contributed by atoms with Gasteiger partial charge in [-0.25, -0.2) is 19.2 Å². The highest BCUT2D eigenvalue weighted by atomic mass is 16.6. The minimum Gasteiger partial charge on any atom is -0.463 e. The fraction of sp³-hybridized carbons (Fsp3) is 0.739. The molecule has 9 heteroatoms. The smallest absolute Gasteiger partial charge is 0.420 e. The van der Waals surface area contributed by atoms with Crippen LogP contribution in [0.15, 0.2) is 12.2 Å². The fourth-order valence-electron chi connectivity index (χ4n) is 2.30. The standard InChI is InChI=1S/C23H39NO8/c1-11-29-17(25)15-13-12-14-16(18(26)30-21(2,3)4)24(19(27)31-22(5,6)7)20(28)32-23(8,9)10/h13,15-16H,11-12,14H2,1-10H3/t16-/m0/s1. The van der Waals surface area contributed by atoms with E-state index in [9.17, 15) is 19.2 Å². The number of nitrogens with zero attached hydrogens (tertiary/aromatic N) is 1. The molecule has 32 heavy (non-hydrogen) atoms. The third-order valence-corrected chi connectivity index (χ3v) is 3.32. The van der Waals surface area contributed by atoms with Crippen LogP contribution in [0.4, 0.5) is 9.59 Å². The van der Waals surface area contributed by atoms with E-state index in [2.05, 4.69) is 0 Å². The first kappa shape index (κ1) is 29.4. The van der Waals surface area contributed by atoms with E-state index in [1.807, 2.05) is 0 Å². The first-order valence-electron chi connectivity index (χ1n) is 10.7. The van der Waals surface area contributed by atoms with Crippen LogP contribution >= 0.6 is 0 Å². The average Bonchev–Trinajstić information content (AvgIpc) is 2.52. The fourth-order valence-corrected chi connectivity index (χ4v) is 2.30. The zero-order valence-corrected chi connectivity index (χ0v) is 21.1. The Kier molecular flexibility index (Phi) is 10.9. The second kappa shape index (κ2) is 11.9. The van der Waals surface area contributed by atoms with Crippen molar-refractivity contribution in [3.05, 3.63) is 12.2 Å². The largest absolute Gasteiger partial charge is 0.463 e. The second-order valence-corrected chi connectivity index (χ2v) is 10.1. The molecule has 2 amide bonds. The van der Waals surface area contributed by atoms with E-state index >= 15 is 0 Å². The molecule has 0 bridgehead atoms. The number of hydrogen-bond acceptors (Lipinski definition) is 8. The first-order valence-corrected chi connectivity index (χ1v) is 10.7. The Morgan fingerprint density at radius 1 is 0.781 bits per heavy atom. The Labute approximate surface area is 191 Å². The Balaban J connectivity index is 6.00. The maximum absolute atomic E-state index is 13.0. The van der Waals surface area contributed by atoms with E-state index in [-0.39, 0.29) is 19.4 Å². The number of carbonyl (C=O) groups is 4. The van der Waals surface area contributed by atoms with Crippen LogP contribution in [0.25, 0.3) is 0 Å². The molecular weight excluding hydrogens is 418 g/mol. The normalized spacial score (nSPS) is 13.3. The summed E-state index contributed by atoms with van der Waals surface area (Å²) >= 11 is 0. The van der Waals surface area contributed by atoms with Gasteiger partial charge < -0.3 is 18.9 Å². The van der Waals surface area contributed by atoms with Gasteiger partial charge in [0.25, 0.3) is 0 Å². The molecule has 184 valence electrons. The SMILES string of the molecule is CCOC(=O)C=CCC[C@@H](C(=O)OC(C)(C)C)N(C(=O)OC(C)(C)C)C(=O)OC(C)(C)C. The minimum absolute atomic E-state index is 0.0106. The number of carbonyl (C=O) groups excluding carboxylic acids is 4. The molecule has 0 aliphatic rings. The van der Waals surface area contributed by atoms with Gasteiger partial charge in [0.15, 0.2) is 0 Å². The topological polar surface area (TPSA) is 108 Å². The lowest BCUT2D eigenvalue weighted by atomic mass is 10.1. The maximum Gasteiger partial charge on any atom is 0.420 e. The Bertz CT molecular complexity index is 664. The van der Waals surface area contributed by atoms with Gasteiger partial charge >= 0.3 is 24.1 Å². The summed E-state index contributed by atoms with van der Waals surface area (Å²) in [5, 5.41) is 0. The van der Waals surface area contributed by atoms with Crippen molar-refractivity contribution in [2.45, 2.75) is 105 Å². The number of rotatable bonds is 7. The number of amides is 2. The Morgan fingerprint density at radius 3 is 1.59 bits per heavy atom. The van der Waals surface area contributed by atoms with Crippen molar-refractivity contribution in [2.75, 3.05) is 6.61 Å². The van der Waals surface area contributed by atoms with Crippen LogP contribution in [0.1, 0.15) is 82.1 Å². The Hall–Kier alpha value is -2.58. The predicted molar refractivity (Wildman–Crippen MR) is 119 cm³/mol. The van der Waals surface area contributed by atoms with E-state index in [0.29, 0.717) is 4.90 Å². The molecule has 0 radical (unpaired) electrons. The number of hydrogen-bond donors (Lipinski definition) is 0. The van der Waals surface area contributed by atoms with Crippen LogP contribution in [0, 0.1) is 0 Å².